The summed E-state index contributed by atoms with van der Waals surface area (Å²) in [5, 5.41) is 6.24. The Hall–Kier alpha value is -2.08. The number of rotatable bonds is 6. The van der Waals surface area contributed by atoms with Crippen LogP contribution >= 0.6 is 11.6 Å². The first-order valence-electron chi connectivity index (χ1n) is 6.50. The average Bonchev–Trinajstić information content (AvgIpc) is 2.49. The summed E-state index contributed by atoms with van der Waals surface area (Å²) in [6.45, 7) is 2.83. The van der Waals surface area contributed by atoms with Gasteiger partial charge >= 0.3 is 0 Å². The highest BCUT2D eigenvalue weighted by Gasteiger charge is 2.12. The molecule has 0 unspecified atom stereocenters. The van der Waals surface area contributed by atoms with Crippen LogP contribution in [0.4, 0.5) is 21.7 Å². The van der Waals surface area contributed by atoms with Crippen molar-refractivity contribution in [2.24, 2.45) is 0 Å². The third-order valence-corrected chi connectivity index (χ3v) is 3.02. The Morgan fingerprint density at radius 2 is 2.05 bits per heavy atom. The lowest BCUT2D eigenvalue weighted by Crippen LogP contribution is -2.07. The van der Waals surface area contributed by atoms with Gasteiger partial charge in [-0.05, 0) is 24.6 Å². The molecule has 0 aliphatic heterocycles. The first kappa shape index (κ1) is 15.3. The third kappa shape index (κ3) is 3.72. The van der Waals surface area contributed by atoms with Crippen molar-refractivity contribution >= 4 is 28.9 Å². The molecule has 0 amide bonds. The monoisotopic (exact) mass is 310 g/mol. The number of nitrogens with one attached hydrogen (secondary N) is 2. The van der Waals surface area contributed by atoms with Crippen LogP contribution in [0.1, 0.15) is 13.3 Å². The molecule has 7 heteroatoms. The molecule has 21 heavy (non-hydrogen) atoms. The van der Waals surface area contributed by atoms with Crippen LogP contribution in [0.3, 0.4) is 0 Å². The van der Waals surface area contributed by atoms with E-state index in [9.17, 15) is 4.39 Å². The topological polar surface area (TPSA) is 59.1 Å². The van der Waals surface area contributed by atoms with Crippen LogP contribution in [0.25, 0.3) is 0 Å². The summed E-state index contributed by atoms with van der Waals surface area (Å²) in [7, 11) is 1.54. The van der Waals surface area contributed by atoms with E-state index in [0.717, 1.165) is 13.0 Å². The molecular weight excluding hydrogens is 295 g/mol. The minimum absolute atomic E-state index is 0.0392. The van der Waals surface area contributed by atoms with E-state index < -0.39 is 5.82 Å². The molecule has 0 aliphatic carbocycles. The summed E-state index contributed by atoms with van der Waals surface area (Å²) in [6, 6.07) is 4.34. The van der Waals surface area contributed by atoms with Gasteiger partial charge in [-0.3, -0.25) is 0 Å². The quantitative estimate of drug-likeness (QED) is 0.849. The number of ether oxygens (including phenoxy) is 1. The Bertz CT molecular complexity index is 624. The molecule has 1 aromatic heterocycles. The molecule has 1 heterocycles. The predicted molar refractivity (Wildman–Crippen MR) is 82.1 cm³/mol. The van der Waals surface area contributed by atoms with Crippen LogP contribution in [-0.2, 0) is 0 Å². The molecule has 0 saturated carbocycles. The number of hydrogen-bond donors (Lipinski definition) is 2. The van der Waals surface area contributed by atoms with Gasteiger partial charge in [0.05, 0.1) is 12.1 Å². The largest absolute Gasteiger partial charge is 0.490 e. The molecule has 112 valence electrons. The molecule has 1 aromatic carbocycles. The fraction of sp³-hybridized carbons (Fsp3) is 0.286. The number of hydrogen-bond acceptors (Lipinski definition) is 5. The van der Waals surface area contributed by atoms with E-state index in [-0.39, 0.29) is 5.02 Å². The van der Waals surface area contributed by atoms with Gasteiger partial charge in [0.2, 0.25) is 5.75 Å². The molecule has 0 saturated heterocycles. The van der Waals surface area contributed by atoms with E-state index in [0.29, 0.717) is 23.1 Å². The third-order valence-electron chi connectivity index (χ3n) is 2.73. The summed E-state index contributed by atoms with van der Waals surface area (Å²) < 4.78 is 18.5. The second-order valence-corrected chi connectivity index (χ2v) is 4.69. The lowest BCUT2D eigenvalue weighted by atomic mass is 10.3. The molecule has 0 bridgehead atoms. The highest BCUT2D eigenvalue weighted by molar-refractivity contribution is 6.31. The zero-order valence-corrected chi connectivity index (χ0v) is 12.5. The van der Waals surface area contributed by atoms with E-state index in [2.05, 4.69) is 27.5 Å². The summed E-state index contributed by atoms with van der Waals surface area (Å²) in [5.41, 5.74) is 0.611. The van der Waals surface area contributed by atoms with Gasteiger partial charge in [0, 0.05) is 12.2 Å². The van der Waals surface area contributed by atoms with Crippen molar-refractivity contribution in [3.63, 3.8) is 0 Å². The Labute approximate surface area is 127 Å². The van der Waals surface area contributed by atoms with Crippen LogP contribution in [0.15, 0.2) is 24.5 Å². The Morgan fingerprint density at radius 3 is 2.71 bits per heavy atom. The lowest BCUT2D eigenvalue weighted by Gasteiger charge is -2.14. The summed E-state index contributed by atoms with van der Waals surface area (Å²) in [4.78, 5) is 8.29. The number of benzene rings is 1. The zero-order chi connectivity index (χ0) is 15.2. The standard InChI is InChI=1S/C14H16ClFN4O/c1-3-6-17-13-12(21-2)14(19-8-18-13)20-9-4-5-11(16)10(15)7-9/h4-5,7-8H,3,6H2,1-2H3,(H2,17,18,19,20). The smallest absolute Gasteiger partial charge is 0.204 e. The Balaban J connectivity index is 2.28. The summed E-state index contributed by atoms with van der Waals surface area (Å²) >= 11 is 5.76. The number of halogens is 2. The molecule has 0 radical (unpaired) electrons. The maximum atomic E-state index is 13.2. The SMILES string of the molecule is CCCNc1ncnc(Nc2ccc(F)c(Cl)c2)c1OC. The average molecular weight is 311 g/mol. The summed E-state index contributed by atoms with van der Waals surface area (Å²) in [6.07, 6.45) is 2.39. The van der Waals surface area contributed by atoms with Gasteiger partial charge in [-0.2, -0.15) is 0 Å². The highest BCUT2D eigenvalue weighted by Crippen LogP contribution is 2.32. The fourth-order valence-electron chi connectivity index (χ4n) is 1.74. The van der Waals surface area contributed by atoms with Gasteiger partial charge in [-0.25, -0.2) is 14.4 Å². The van der Waals surface area contributed by atoms with Gasteiger partial charge in [0.1, 0.15) is 12.1 Å². The maximum Gasteiger partial charge on any atom is 0.204 e. The lowest BCUT2D eigenvalue weighted by molar-refractivity contribution is 0.415. The number of nitrogens with zero attached hydrogens (tertiary/aromatic N) is 2. The second-order valence-electron chi connectivity index (χ2n) is 4.28. The molecule has 0 spiro atoms. The van der Waals surface area contributed by atoms with Crippen LogP contribution in [-0.4, -0.2) is 23.6 Å². The molecule has 0 atom stereocenters. The van der Waals surface area contributed by atoms with E-state index in [4.69, 9.17) is 16.3 Å². The fourth-order valence-corrected chi connectivity index (χ4v) is 1.92. The van der Waals surface area contributed by atoms with E-state index >= 15 is 0 Å². The number of anilines is 3. The van der Waals surface area contributed by atoms with Crippen molar-refractivity contribution in [1.82, 2.24) is 9.97 Å². The van der Waals surface area contributed by atoms with Crippen molar-refractivity contribution in [2.45, 2.75) is 13.3 Å². The normalized spacial score (nSPS) is 10.3. The van der Waals surface area contributed by atoms with E-state index in [1.165, 1.54) is 18.5 Å². The maximum absolute atomic E-state index is 13.2. The van der Waals surface area contributed by atoms with Gasteiger partial charge in [0.15, 0.2) is 11.6 Å². The molecule has 2 aromatic rings. The van der Waals surface area contributed by atoms with E-state index in [1.807, 2.05) is 0 Å². The molecule has 2 rings (SSSR count). The minimum atomic E-state index is -0.470. The van der Waals surface area contributed by atoms with Crippen LogP contribution in [0.2, 0.25) is 5.02 Å². The molecule has 2 N–H and O–H groups in total. The van der Waals surface area contributed by atoms with Crippen LogP contribution < -0.4 is 15.4 Å². The molecule has 0 aliphatic rings. The first-order chi connectivity index (χ1) is 10.2. The molecule has 0 fully saturated rings. The van der Waals surface area contributed by atoms with Gasteiger partial charge in [-0.1, -0.05) is 18.5 Å². The van der Waals surface area contributed by atoms with Gasteiger partial charge < -0.3 is 15.4 Å². The van der Waals surface area contributed by atoms with Gasteiger partial charge in [0.25, 0.3) is 0 Å². The van der Waals surface area contributed by atoms with Crippen molar-refractivity contribution in [2.75, 3.05) is 24.3 Å². The van der Waals surface area contributed by atoms with Crippen LogP contribution in [0, 0.1) is 5.82 Å². The van der Waals surface area contributed by atoms with Crippen molar-refractivity contribution in [1.29, 1.82) is 0 Å². The van der Waals surface area contributed by atoms with Crippen LogP contribution in [0.5, 0.6) is 5.75 Å². The minimum Gasteiger partial charge on any atom is -0.490 e. The van der Waals surface area contributed by atoms with Crippen molar-refractivity contribution in [3.05, 3.63) is 35.4 Å². The Morgan fingerprint density at radius 1 is 1.29 bits per heavy atom. The van der Waals surface area contributed by atoms with Gasteiger partial charge in [-0.15, -0.1) is 0 Å². The van der Waals surface area contributed by atoms with E-state index in [1.54, 1.807) is 13.2 Å². The second kappa shape index (κ2) is 7.08. The zero-order valence-electron chi connectivity index (χ0n) is 11.8. The number of aromatic nitrogens is 2. The highest BCUT2D eigenvalue weighted by atomic mass is 35.5. The molecule has 5 nitrogen and oxygen atoms in total. The first-order valence-corrected chi connectivity index (χ1v) is 6.88. The van der Waals surface area contributed by atoms with Crippen molar-refractivity contribution < 1.29 is 9.13 Å². The van der Waals surface area contributed by atoms with Crippen molar-refractivity contribution in [3.8, 4) is 5.75 Å². The predicted octanol–water partition coefficient (Wildman–Crippen LogP) is 3.84. The summed E-state index contributed by atoms with van der Waals surface area (Å²) in [5.74, 6) is 1.10. The number of methoxy groups -OCH3 is 1. The molecular formula is C14H16ClFN4O. The Kier molecular flexibility index (Phi) is 5.16.